The molecule has 2 atom stereocenters. The Kier molecular flexibility index (Phi) is 3.78. The van der Waals surface area contributed by atoms with Crippen molar-refractivity contribution in [1.29, 1.82) is 0 Å². The summed E-state index contributed by atoms with van der Waals surface area (Å²) in [5, 5.41) is 3.87. The SMILES string of the molecule is CC1(C)CC(=O)N2/C(=C/c3ccccc3)C3Cc4cc(C(F)(F)F)ccc4C3N21. The second-order valence-corrected chi connectivity index (χ2v) is 8.69. The number of carbonyl (C=O) groups excluding carboxylic acids is 1. The van der Waals surface area contributed by atoms with E-state index in [-0.39, 0.29) is 17.9 Å². The molecule has 0 spiro atoms. The monoisotopic (exact) mass is 398 g/mol. The Bertz CT molecular complexity index is 1030. The first-order valence-corrected chi connectivity index (χ1v) is 9.76. The van der Waals surface area contributed by atoms with Crippen molar-refractivity contribution in [1.82, 2.24) is 10.0 Å². The van der Waals surface area contributed by atoms with Crippen LogP contribution in [0.15, 0.2) is 54.2 Å². The van der Waals surface area contributed by atoms with E-state index in [4.69, 9.17) is 0 Å². The van der Waals surface area contributed by atoms with Gasteiger partial charge in [-0.2, -0.15) is 18.2 Å². The van der Waals surface area contributed by atoms with E-state index in [9.17, 15) is 18.0 Å². The molecule has 2 heterocycles. The molecule has 2 fully saturated rings. The van der Waals surface area contributed by atoms with Crippen molar-refractivity contribution < 1.29 is 18.0 Å². The van der Waals surface area contributed by atoms with Gasteiger partial charge in [-0.05, 0) is 55.2 Å². The van der Waals surface area contributed by atoms with E-state index in [0.717, 1.165) is 28.5 Å². The maximum absolute atomic E-state index is 13.2. The largest absolute Gasteiger partial charge is 0.416 e. The summed E-state index contributed by atoms with van der Waals surface area (Å²) in [5.41, 5.74) is 2.47. The summed E-state index contributed by atoms with van der Waals surface area (Å²) in [4.78, 5) is 12.9. The van der Waals surface area contributed by atoms with Gasteiger partial charge in [0.2, 0.25) is 5.91 Å². The standard InChI is InChI=1S/C23H21F3N2O/c1-22(2)13-20(29)27-19(10-14-6-4-3-5-7-14)18-12-15-11-16(23(24,25)26)8-9-17(15)21(18)28(22)27/h3-11,18,21H,12-13H2,1-2H3/b19-10+. The number of rotatable bonds is 1. The zero-order chi connectivity index (χ0) is 20.6. The minimum atomic E-state index is -4.36. The molecule has 0 bridgehead atoms. The smallest absolute Gasteiger partial charge is 0.273 e. The number of fused-ring (bicyclic) bond motifs is 5. The molecule has 3 nitrogen and oxygen atoms in total. The van der Waals surface area contributed by atoms with E-state index in [1.54, 1.807) is 11.1 Å². The van der Waals surface area contributed by atoms with Crippen molar-refractivity contribution in [2.45, 2.75) is 44.4 Å². The van der Waals surface area contributed by atoms with Crippen molar-refractivity contribution in [2.24, 2.45) is 5.92 Å². The van der Waals surface area contributed by atoms with Crippen LogP contribution in [0.2, 0.25) is 0 Å². The number of carbonyl (C=O) groups is 1. The molecule has 2 aromatic carbocycles. The Balaban J connectivity index is 1.65. The Hall–Kier alpha value is -2.60. The lowest BCUT2D eigenvalue weighted by molar-refractivity contribution is -0.137. The lowest BCUT2D eigenvalue weighted by Crippen LogP contribution is -2.43. The minimum Gasteiger partial charge on any atom is -0.273 e. The maximum atomic E-state index is 13.2. The summed E-state index contributed by atoms with van der Waals surface area (Å²) in [6.45, 7) is 4.05. The fourth-order valence-corrected chi connectivity index (χ4v) is 5.11. The Morgan fingerprint density at radius 3 is 2.52 bits per heavy atom. The molecule has 1 aliphatic carbocycles. The van der Waals surface area contributed by atoms with Crippen LogP contribution in [0.5, 0.6) is 0 Å². The topological polar surface area (TPSA) is 23.6 Å². The third kappa shape index (κ3) is 2.73. The van der Waals surface area contributed by atoms with Gasteiger partial charge in [-0.3, -0.25) is 4.79 Å². The van der Waals surface area contributed by atoms with Gasteiger partial charge in [-0.15, -0.1) is 0 Å². The summed E-state index contributed by atoms with van der Waals surface area (Å²) < 4.78 is 39.7. The first kappa shape index (κ1) is 18.4. The van der Waals surface area contributed by atoms with E-state index < -0.39 is 17.3 Å². The van der Waals surface area contributed by atoms with Gasteiger partial charge in [-0.1, -0.05) is 36.4 Å². The molecule has 5 rings (SSSR count). The van der Waals surface area contributed by atoms with Crippen LogP contribution in [0, 0.1) is 5.92 Å². The molecule has 29 heavy (non-hydrogen) atoms. The second kappa shape index (κ2) is 5.95. The number of halogens is 3. The summed E-state index contributed by atoms with van der Waals surface area (Å²) in [7, 11) is 0. The van der Waals surface area contributed by atoms with E-state index in [1.165, 1.54) is 6.07 Å². The van der Waals surface area contributed by atoms with Crippen LogP contribution in [0.3, 0.4) is 0 Å². The van der Waals surface area contributed by atoms with Crippen LogP contribution in [-0.2, 0) is 17.4 Å². The van der Waals surface area contributed by atoms with Crippen LogP contribution >= 0.6 is 0 Å². The van der Waals surface area contributed by atoms with Crippen LogP contribution in [0.4, 0.5) is 13.2 Å². The van der Waals surface area contributed by atoms with Crippen molar-refractivity contribution in [3.05, 3.63) is 76.5 Å². The predicted molar refractivity (Wildman–Crippen MR) is 103 cm³/mol. The summed E-state index contributed by atoms with van der Waals surface area (Å²) >= 11 is 0. The number of benzene rings is 2. The lowest BCUT2D eigenvalue weighted by atomic mass is 9.92. The average Bonchev–Trinajstić information content (AvgIpc) is 3.23. The molecule has 2 aliphatic heterocycles. The Morgan fingerprint density at radius 1 is 1.10 bits per heavy atom. The zero-order valence-electron chi connectivity index (χ0n) is 16.2. The normalized spacial score (nSPS) is 26.7. The molecule has 3 aliphatic rings. The minimum absolute atomic E-state index is 0.0417. The molecule has 6 heteroatoms. The Labute approximate surface area is 167 Å². The zero-order valence-corrected chi connectivity index (χ0v) is 16.2. The predicted octanol–water partition coefficient (Wildman–Crippen LogP) is 5.20. The highest BCUT2D eigenvalue weighted by Gasteiger charge is 2.59. The highest BCUT2D eigenvalue weighted by atomic mass is 19.4. The third-order valence-corrected chi connectivity index (χ3v) is 6.27. The van der Waals surface area contributed by atoms with Crippen molar-refractivity contribution in [3.8, 4) is 0 Å². The first-order chi connectivity index (χ1) is 13.7. The van der Waals surface area contributed by atoms with Gasteiger partial charge in [0, 0.05) is 23.6 Å². The van der Waals surface area contributed by atoms with Gasteiger partial charge >= 0.3 is 6.18 Å². The molecular weight excluding hydrogens is 377 g/mol. The molecular formula is C23H21F3N2O. The number of hydrogen-bond acceptors (Lipinski definition) is 2. The summed E-state index contributed by atoms with van der Waals surface area (Å²) in [6.07, 6.45) is -1.46. The molecule has 0 saturated carbocycles. The van der Waals surface area contributed by atoms with Crippen LogP contribution in [0.1, 0.15) is 48.6 Å². The number of alkyl halides is 3. The Morgan fingerprint density at radius 2 is 1.83 bits per heavy atom. The van der Waals surface area contributed by atoms with Gasteiger partial charge in [0.05, 0.1) is 11.6 Å². The molecule has 2 saturated heterocycles. The van der Waals surface area contributed by atoms with E-state index in [0.29, 0.717) is 12.8 Å². The van der Waals surface area contributed by atoms with Crippen LogP contribution in [0.25, 0.3) is 6.08 Å². The van der Waals surface area contributed by atoms with Gasteiger partial charge < -0.3 is 0 Å². The molecule has 0 radical (unpaired) electrons. The summed E-state index contributed by atoms with van der Waals surface area (Å²) in [5.74, 6) is -0.00254. The highest BCUT2D eigenvalue weighted by molar-refractivity contribution is 5.83. The fraction of sp³-hybridized carbons (Fsp3) is 0.348. The molecule has 150 valence electrons. The van der Waals surface area contributed by atoms with Gasteiger partial charge in [-0.25, -0.2) is 5.01 Å². The maximum Gasteiger partial charge on any atom is 0.416 e. The second-order valence-electron chi connectivity index (χ2n) is 8.69. The quantitative estimate of drug-likeness (QED) is 0.659. The van der Waals surface area contributed by atoms with Crippen molar-refractivity contribution in [2.75, 3.05) is 0 Å². The molecule has 2 aromatic rings. The molecule has 0 aromatic heterocycles. The number of amides is 1. The van der Waals surface area contributed by atoms with E-state index in [2.05, 4.69) is 5.01 Å². The van der Waals surface area contributed by atoms with Gasteiger partial charge in [0.1, 0.15) is 0 Å². The highest BCUT2D eigenvalue weighted by Crippen LogP contribution is 2.57. The van der Waals surface area contributed by atoms with Crippen LogP contribution < -0.4 is 0 Å². The van der Waals surface area contributed by atoms with Crippen molar-refractivity contribution >= 4 is 12.0 Å². The van der Waals surface area contributed by atoms with Gasteiger partial charge in [0.15, 0.2) is 0 Å². The van der Waals surface area contributed by atoms with Gasteiger partial charge in [0.25, 0.3) is 0 Å². The van der Waals surface area contributed by atoms with Crippen LogP contribution in [-0.4, -0.2) is 21.5 Å². The molecule has 0 N–H and O–H groups in total. The fourth-order valence-electron chi connectivity index (χ4n) is 5.11. The van der Waals surface area contributed by atoms with E-state index in [1.807, 2.05) is 50.3 Å². The lowest BCUT2D eigenvalue weighted by Gasteiger charge is -2.35. The first-order valence-electron chi connectivity index (χ1n) is 9.76. The van der Waals surface area contributed by atoms with Crippen molar-refractivity contribution in [3.63, 3.8) is 0 Å². The molecule has 2 unspecified atom stereocenters. The number of nitrogens with zero attached hydrogens (tertiary/aromatic N) is 2. The molecule has 1 amide bonds. The number of hydrazine groups is 1. The average molecular weight is 398 g/mol. The van der Waals surface area contributed by atoms with E-state index >= 15 is 0 Å². The summed E-state index contributed by atoms with van der Waals surface area (Å²) in [6, 6.07) is 13.7. The third-order valence-electron chi connectivity index (χ3n) is 6.27. The number of hydrogen-bond donors (Lipinski definition) is 0.